The molecule has 0 aliphatic carbocycles. The van der Waals surface area contributed by atoms with Crippen LogP contribution >= 0.6 is 0 Å². The van der Waals surface area contributed by atoms with Gasteiger partial charge in [0.2, 0.25) is 11.9 Å². The van der Waals surface area contributed by atoms with E-state index in [-0.39, 0.29) is 18.9 Å². The van der Waals surface area contributed by atoms with E-state index >= 15 is 0 Å². The van der Waals surface area contributed by atoms with Crippen molar-refractivity contribution in [3.8, 4) is 6.07 Å². The van der Waals surface area contributed by atoms with Gasteiger partial charge in [0.05, 0.1) is 29.2 Å². The molecule has 14 heteroatoms. The van der Waals surface area contributed by atoms with Gasteiger partial charge in [-0.2, -0.15) is 28.5 Å². The molecule has 42 heavy (non-hydrogen) atoms. The highest BCUT2D eigenvalue weighted by atomic mass is 19.4. The Morgan fingerprint density at radius 2 is 1.86 bits per heavy atom. The molecule has 4 aromatic rings. The summed E-state index contributed by atoms with van der Waals surface area (Å²) in [5.41, 5.74) is 1.44. The number of anilines is 3. The number of rotatable bonds is 7. The molecular formula is C28H29F3N10O. The molecular weight excluding hydrogens is 549 g/mol. The summed E-state index contributed by atoms with van der Waals surface area (Å²) >= 11 is 0. The van der Waals surface area contributed by atoms with E-state index in [1.54, 1.807) is 27.8 Å². The lowest BCUT2D eigenvalue weighted by Gasteiger charge is -2.50. The molecule has 0 unspecified atom stereocenters. The van der Waals surface area contributed by atoms with Gasteiger partial charge in [0.15, 0.2) is 5.65 Å². The second kappa shape index (κ2) is 10.6. The van der Waals surface area contributed by atoms with E-state index in [9.17, 15) is 23.2 Å². The Morgan fingerprint density at radius 3 is 2.55 bits per heavy atom. The molecule has 11 nitrogen and oxygen atoms in total. The van der Waals surface area contributed by atoms with E-state index in [4.69, 9.17) is 0 Å². The highest BCUT2D eigenvalue weighted by Crippen LogP contribution is 2.42. The number of alkyl halides is 3. The number of hydrogen-bond acceptors (Lipinski definition) is 8. The van der Waals surface area contributed by atoms with Gasteiger partial charge in [0.1, 0.15) is 6.54 Å². The number of carbonyl (C=O) groups is 1. The third kappa shape index (κ3) is 5.35. The molecule has 0 radical (unpaired) electrons. The van der Waals surface area contributed by atoms with E-state index in [1.165, 1.54) is 12.1 Å². The van der Waals surface area contributed by atoms with Gasteiger partial charge >= 0.3 is 6.18 Å². The zero-order valence-electron chi connectivity index (χ0n) is 22.9. The summed E-state index contributed by atoms with van der Waals surface area (Å²) in [5.74, 6) is 0.366. The Bertz CT molecular complexity index is 1620. The normalized spacial score (nSPS) is 17.2. The summed E-state index contributed by atoms with van der Waals surface area (Å²) < 4.78 is 42.4. The van der Waals surface area contributed by atoms with Crippen LogP contribution in [0.5, 0.6) is 0 Å². The molecule has 1 aromatic carbocycles. The number of likely N-dealkylation sites (N-methyl/N-ethyl adjacent to an activating group) is 1. The van der Waals surface area contributed by atoms with Gasteiger partial charge in [-0.25, -0.2) is 4.52 Å². The monoisotopic (exact) mass is 578 g/mol. The number of benzene rings is 1. The second-order valence-electron chi connectivity index (χ2n) is 10.9. The summed E-state index contributed by atoms with van der Waals surface area (Å²) in [6.07, 6.45) is 0.879. The van der Waals surface area contributed by atoms with Crippen LogP contribution in [0, 0.1) is 11.3 Å². The fraction of sp³-hybridized carbons (Fsp3) is 0.393. The summed E-state index contributed by atoms with van der Waals surface area (Å²) in [6, 6.07) is 11.0. The zero-order chi connectivity index (χ0) is 29.5. The van der Waals surface area contributed by atoms with Crippen LogP contribution < -0.4 is 10.2 Å². The number of pyridine rings is 1. The van der Waals surface area contributed by atoms with Gasteiger partial charge in [-0.1, -0.05) is 12.1 Å². The number of fused-ring (bicyclic) bond motifs is 1. The first-order valence-electron chi connectivity index (χ1n) is 13.5. The Hall–Kier alpha value is -4.64. The molecule has 0 spiro atoms. The Labute approximate surface area is 239 Å². The summed E-state index contributed by atoms with van der Waals surface area (Å²) in [5, 5.41) is 21.5. The maximum atomic E-state index is 13.1. The van der Waals surface area contributed by atoms with Crippen molar-refractivity contribution < 1.29 is 18.0 Å². The number of carbonyl (C=O) groups excluding carboxylic acids is 1. The molecule has 5 heterocycles. The van der Waals surface area contributed by atoms with Gasteiger partial charge < -0.3 is 20.0 Å². The average Bonchev–Trinajstić information content (AvgIpc) is 3.56. The Balaban J connectivity index is 1.14. The van der Waals surface area contributed by atoms with Gasteiger partial charge in [-0.3, -0.25) is 9.48 Å². The first-order chi connectivity index (χ1) is 20.1. The average molecular weight is 579 g/mol. The van der Waals surface area contributed by atoms with E-state index in [2.05, 4.69) is 31.5 Å². The van der Waals surface area contributed by atoms with E-state index in [0.717, 1.165) is 30.9 Å². The van der Waals surface area contributed by atoms with Crippen LogP contribution in [-0.4, -0.2) is 86.4 Å². The molecule has 2 aliphatic rings. The van der Waals surface area contributed by atoms with Crippen LogP contribution in [0.25, 0.3) is 5.65 Å². The number of nitrogens with zero attached hydrogens (tertiary/aromatic N) is 9. The first kappa shape index (κ1) is 27.5. The largest absolute Gasteiger partial charge is 0.416 e. The minimum atomic E-state index is -4.41. The van der Waals surface area contributed by atoms with Gasteiger partial charge in [-0.15, -0.1) is 5.10 Å². The molecule has 3 aromatic heterocycles. The third-order valence-corrected chi connectivity index (χ3v) is 7.95. The number of halogens is 3. The maximum Gasteiger partial charge on any atom is 0.416 e. The molecule has 2 aliphatic heterocycles. The predicted octanol–water partition coefficient (Wildman–Crippen LogP) is 3.13. The van der Waals surface area contributed by atoms with E-state index in [0.29, 0.717) is 49.0 Å². The van der Waals surface area contributed by atoms with Gasteiger partial charge in [0, 0.05) is 63.5 Å². The standard InChI is InChI=1S/C28H29F3N10O/c1-37-11-13-38(14-12-37)24(42)17-40-16-22(15-33-40)34-26-35-25-23(3-2-10-41(25)36-26)39-18-27(19-39,8-9-32)20-4-6-21(7-5-20)28(29,30)31/h2-7,10,15-16H,8,11-14,17-19H2,1H3,(H,34,36). The Kier molecular flexibility index (Phi) is 6.97. The van der Waals surface area contributed by atoms with Crippen LogP contribution in [0.1, 0.15) is 17.5 Å². The molecule has 6 rings (SSSR count). The Morgan fingerprint density at radius 1 is 1.12 bits per heavy atom. The third-order valence-electron chi connectivity index (χ3n) is 7.95. The summed E-state index contributed by atoms with van der Waals surface area (Å²) in [6.45, 7) is 4.16. The fourth-order valence-corrected chi connectivity index (χ4v) is 5.55. The van der Waals surface area contributed by atoms with Crippen LogP contribution in [0.3, 0.4) is 0 Å². The van der Waals surface area contributed by atoms with Crippen LogP contribution in [-0.2, 0) is 22.9 Å². The highest BCUT2D eigenvalue weighted by Gasteiger charge is 2.45. The summed E-state index contributed by atoms with van der Waals surface area (Å²) in [4.78, 5) is 23.4. The number of amides is 1. The smallest absolute Gasteiger partial charge is 0.366 e. The molecule has 0 atom stereocenters. The fourth-order valence-electron chi connectivity index (χ4n) is 5.55. The van der Waals surface area contributed by atoms with Crippen molar-refractivity contribution in [2.75, 3.05) is 56.5 Å². The predicted molar refractivity (Wildman–Crippen MR) is 148 cm³/mol. The number of aromatic nitrogens is 5. The lowest BCUT2D eigenvalue weighted by atomic mass is 9.71. The molecule has 1 N–H and O–H groups in total. The lowest BCUT2D eigenvalue weighted by molar-refractivity contribution is -0.137. The number of piperazine rings is 1. The SMILES string of the molecule is CN1CCN(C(=O)Cn2cc(Nc3nc4c(N5CC(CC#N)(c6ccc(C(F)(F)F)cc6)C5)cccn4n3)cn2)CC1. The van der Waals surface area contributed by atoms with Crippen LogP contribution in [0.2, 0.25) is 0 Å². The van der Waals surface area contributed by atoms with Crippen molar-refractivity contribution in [2.24, 2.45) is 0 Å². The van der Waals surface area contributed by atoms with Crippen molar-refractivity contribution >= 4 is 28.9 Å². The van der Waals surface area contributed by atoms with Crippen molar-refractivity contribution in [3.63, 3.8) is 0 Å². The van der Waals surface area contributed by atoms with Gasteiger partial charge in [-0.05, 0) is 36.9 Å². The van der Waals surface area contributed by atoms with E-state index < -0.39 is 17.2 Å². The second-order valence-corrected chi connectivity index (χ2v) is 10.9. The molecule has 2 fully saturated rings. The van der Waals surface area contributed by atoms with Crippen molar-refractivity contribution in [2.45, 2.75) is 24.6 Å². The van der Waals surface area contributed by atoms with Gasteiger partial charge in [0.25, 0.3) is 0 Å². The van der Waals surface area contributed by atoms with E-state index in [1.807, 2.05) is 29.0 Å². The molecule has 2 saturated heterocycles. The minimum Gasteiger partial charge on any atom is -0.366 e. The zero-order valence-corrected chi connectivity index (χ0v) is 22.9. The number of hydrogen-bond donors (Lipinski definition) is 1. The molecule has 1 amide bonds. The van der Waals surface area contributed by atoms with Crippen molar-refractivity contribution in [3.05, 3.63) is 66.1 Å². The van der Waals surface area contributed by atoms with Crippen molar-refractivity contribution in [1.29, 1.82) is 5.26 Å². The minimum absolute atomic E-state index is 0.0200. The summed E-state index contributed by atoms with van der Waals surface area (Å²) in [7, 11) is 2.04. The van der Waals surface area contributed by atoms with Crippen molar-refractivity contribution in [1.82, 2.24) is 34.2 Å². The number of nitrogens with one attached hydrogen (secondary N) is 1. The van der Waals surface area contributed by atoms with Crippen LogP contribution in [0.4, 0.5) is 30.5 Å². The lowest BCUT2D eigenvalue weighted by Crippen LogP contribution is -2.59. The maximum absolute atomic E-state index is 13.1. The topological polar surface area (TPSA) is 111 Å². The first-order valence-corrected chi connectivity index (χ1v) is 13.5. The highest BCUT2D eigenvalue weighted by molar-refractivity contribution is 5.76. The molecule has 0 bridgehead atoms. The molecule has 0 saturated carbocycles. The molecule has 218 valence electrons. The number of nitriles is 1. The quantitative estimate of drug-likeness (QED) is 0.356. The van der Waals surface area contributed by atoms with Crippen LogP contribution in [0.15, 0.2) is 55.0 Å².